The van der Waals surface area contributed by atoms with Crippen LogP contribution in [0.25, 0.3) is 0 Å². The Bertz CT molecular complexity index is 643. The first-order chi connectivity index (χ1) is 13.6. The summed E-state index contributed by atoms with van der Waals surface area (Å²) in [5.41, 5.74) is 2.02. The third kappa shape index (κ3) is 5.92. The van der Waals surface area contributed by atoms with E-state index in [1.54, 1.807) is 0 Å². The molecular formula is C25H38NO2Y-. The molecular weight excluding hydrogens is 435 g/mol. The molecule has 29 heavy (non-hydrogen) atoms. The Morgan fingerprint density at radius 3 is 2.69 bits per heavy atom. The van der Waals surface area contributed by atoms with E-state index in [1.165, 1.54) is 19.3 Å². The van der Waals surface area contributed by atoms with Gasteiger partial charge >= 0.3 is 0 Å². The molecule has 159 valence electrons. The van der Waals surface area contributed by atoms with Gasteiger partial charge in [0.1, 0.15) is 0 Å². The van der Waals surface area contributed by atoms with Crippen LogP contribution >= 0.6 is 0 Å². The zero-order valence-corrected chi connectivity index (χ0v) is 21.1. The smallest absolute Gasteiger partial charge is 0.227 e. The summed E-state index contributed by atoms with van der Waals surface area (Å²) in [6.07, 6.45) is 13.5. The first-order valence-corrected chi connectivity index (χ1v) is 11.5. The molecule has 3 rings (SSSR count). The summed E-state index contributed by atoms with van der Waals surface area (Å²) in [4.78, 5) is 14.8. The van der Waals surface area contributed by atoms with E-state index in [0.29, 0.717) is 12.5 Å². The quantitative estimate of drug-likeness (QED) is 0.317. The van der Waals surface area contributed by atoms with Gasteiger partial charge in [-0.25, -0.2) is 0 Å². The molecule has 1 aromatic rings. The number of hydrogen-bond acceptors (Lipinski definition) is 2. The van der Waals surface area contributed by atoms with Crippen molar-refractivity contribution in [2.45, 2.75) is 103 Å². The van der Waals surface area contributed by atoms with Crippen LogP contribution in [0.4, 0.5) is 5.69 Å². The van der Waals surface area contributed by atoms with Crippen molar-refractivity contribution in [3.8, 4) is 0 Å². The van der Waals surface area contributed by atoms with E-state index in [1.807, 2.05) is 17.0 Å². The molecule has 1 aliphatic heterocycles. The Hall–Kier alpha value is -0.246. The van der Waals surface area contributed by atoms with Crippen molar-refractivity contribution in [2.75, 3.05) is 4.90 Å². The van der Waals surface area contributed by atoms with Crippen molar-refractivity contribution in [3.63, 3.8) is 0 Å². The van der Waals surface area contributed by atoms with E-state index in [4.69, 9.17) is 0 Å². The zero-order valence-electron chi connectivity index (χ0n) is 18.2. The van der Waals surface area contributed by atoms with Gasteiger partial charge in [0.25, 0.3) is 0 Å². The number of amides is 1. The number of hydrogen-bond donors (Lipinski definition) is 1. The molecule has 1 saturated carbocycles. The molecule has 1 radical (unpaired) electrons. The number of aliphatic hydroxyl groups excluding tert-OH is 1. The summed E-state index contributed by atoms with van der Waals surface area (Å²) in [5, 5.41) is 11.2. The number of piperidine rings is 1. The Kier molecular flexibility index (Phi) is 10.3. The second-order valence-electron chi connectivity index (χ2n) is 8.98. The monoisotopic (exact) mass is 473 g/mol. The van der Waals surface area contributed by atoms with Crippen LogP contribution in [-0.2, 0) is 37.5 Å². The largest absolute Gasteiger partial charge is 0.388 e. The zero-order chi connectivity index (χ0) is 20.0. The topological polar surface area (TPSA) is 40.5 Å². The minimum Gasteiger partial charge on any atom is -0.388 e. The Balaban J connectivity index is 0.00000300. The number of carbonyl (C=O) groups is 1. The molecule has 3 nitrogen and oxygen atoms in total. The normalized spacial score (nSPS) is 22.0. The first-order valence-electron chi connectivity index (χ1n) is 11.5. The fourth-order valence-electron chi connectivity index (χ4n) is 5.29. The van der Waals surface area contributed by atoms with E-state index in [0.717, 1.165) is 69.0 Å². The minimum absolute atomic E-state index is 0. The van der Waals surface area contributed by atoms with Gasteiger partial charge in [-0.15, -0.1) is 0 Å². The van der Waals surface area contributed by atoms with Gasteiger partial charge in [-0.3, -0.25) is 4.79 Å². The molecule has 4 heteroatoms. The van der Waals surface area contributed by atoms with Crippen molar-refractivity contribution in [2.24, 2.45) is 5.41 Å². The Morgan fingerprint density at radius 2 is 2.03 bits per heavy atom. The number of nitrogens with zero attached hydrogens (tertiary/aromatic N) is 1. The SMILES string of the molecule is [CH2-]CCCCCC1CCCC(=O)N1c1cccc(C(O)C2(CCC)CCC2)c1.[Y]. The van der Waals surface area contributed by atoms with E-state index in [2.05, 4.69) is 26.0 Å². The van der Waals surface area contributed by atoms with Gasteiger partial charge in [0.2, 0.25) is 5.91 Å². The van der Waals surface area contributed by atoms with Crippen molar-refractivity contribution >= 4 is 11.6 Å². The average Bonchev–Trinajstić information content (AvgIpc) is 2.68. The van der Waals surface area contributed by atoms with E-state index in [-0.39, 0.29) is 44.0 Å². The van der Waals surface area contributed by atoms with E-state index in [9.17, 15) is 9.90 Å². The third-order valence-electron chi connectivity index (χ3n) is 6.99. The van der Waals surface area contributed by atoms with Crippen LogP contribution in [0.3, 0.4) is 0 Å². The molecule has 0 spiro atoms. The summed E-state index contributed by atoms with van der Waals surface area (Å²) in [5.74, 6) is 0.243. The maximum absolute atomic E-state index is 12.8. The fourth-order valence-corrected chi connectivity index (χ4v) is 5.29. The van der Waals surface area contributed by atoms with Gasteiger partial charge in [0, 0.05) is 56.3 Å². The number of rotatable bonds is 10. The predicted octanol–water partition coefficient (Wildman–Crippen LogP) is 6.36. The van der Waals surface area contributed by atoms with E-state index < -0.39 is 6.10 Å². The predicted molar refractivity (Wildman–Crippen MR) is 116 cm³/mol. The molecule has 2 aliphatic rings. The standard InChI is InChI=1S/C25H38NO2.Y/c1-3-5-6-7-12-21-13-9-15-23(27)26(21)22-14-8-11-20(19-22)24(28)25(16-4-2)17-10-18-25;/h8,11,14,19,21,24,28H,1,3-7,9-10,12-13,15-18H2,2H3;/q-1;. The second-order valence-corrected chi connectivity index (χ2v) is 8.98. The summed E-state index contributed by atoms with van der Waals surface area (Å²) >= 11 is 0. The van der Waals surface area contributed by atoms with Gasteiger partial charge in [-0.1, -0.05) is 51.2 Å². The molecule has 2 fully saturated rings. The molecule has 1 amide bonds. The third-order valence-corrected chi connectivity index (χ3v) is 6.99. The van der Waals surface area contributed by atoms with Gasteiger partial charge in [0.15, 0.2) is 0 Å². The Morgan fingerprint density at radius 1 is 1.24 bits per heavy atom. The van der Waals surface area contributed by atoms with Gasteiger partial charge in [-0.05, 0) is 56.2 Å². The van der Waals surface area contributed by atoms with Crippen LogP contribution in [0.15, 0.2) is 24.3 Å². The van der Waals surface area contributed by atoms with Gasteiger partial charge < -0.3 is 16.9 Å². The number of anilines is 1. The number of benzene rings is 1. The molecule has 2 unspecified atom stereocenters. The van der Waals surface area contributed by atoms with Crippen LogP contribution in [0.5, 0.6) is 0 Å². The Labute approximate surface area is 202 Å². The summed E-state index contributed by atoms with van der Waals surface area (Å²) in [6.45, 7) is 6.13. The van der Waals surface area contributed by atoms with E-state index >= 15 is 0 Å². The molecule has 1 saturated heterocycles. The molecule has 0 aromatic heterocycles. The van der Waals surface area contributed by atoms with Crippen molar-refractivity contribution < 1.29 is 42.6 Å². The van der Waals surface area contributed by atoms with Crippen LogP contribution in [0.2, 0.25) is 0 Å². The van der Waals surface area contributed by atoms with Crippen LogP contribution in [0, 0.1) is 12.3 Å². The van der Waals surface area contributed by atoms with Crippen LogP contribution in [0.1, 0.15) is 102 Å². The maximum Gasteiger partial charge on any atom is 0.227 e. The first kappa shape index (κ1) is 25.0. The van der Waals surface area contributed by atoms with Crippen molar-refractivity contribution in [1.82, 2.24) is 0 Å². The molecule has 2 atom stereocenters. The van der Waals surface area contributed by atoms with Crippen LogP contribution < -0.4 is 4.90 Å². The summed E-state index contributed by atoms with van der Waals surface area (Å²) in [6, 6.07) is 8.50. The summed E-state index contributed by atoms with van der Waals surface area (Å²) in [7, 11) is 0. The number of unbranched alkanes of at least 4 members (excludes halogenated alkanes) is 3. The van der Waals surface area contributed by atoms with Crippen molar-refractivity contribution in [3.05, 3.63) is 36.8 Å². The van der Waals surface area contributed by atoms with Crippen molar-refractivity contribution in [1.29, 1.82) is 0 Å². The molecule has 1 N–H and O–H groups in total. The summed E-state index contributed by atoms with van der Waals surface area (Å²) < 4.78 is 0. The number of carbonyl (C=O) groups excluding carboxylic acids is 1. The molecule has 1 aromatic carbocycles. The average molecular weight is 473 g/mol. The maximum atomic E-state index is 12.8. The number of aliphatic hydroxyl groups is 1. The van der Waals surface area contributed by atoms with Gasteiger partial charge in [-0.2, -0.15) is 6.42 Å². The second kappa shape index (κ2) is 12.0. The molecule has 1 aliphatic carbocycles. The minimum atomic E-state index is -0.420. The fraction of sp³-hybridized carbons (Fsp3) is 0.680. The molecule has 1 heterocycles. The molecule has 0 bridgehead atoms. The van der Waals surface area contributed by atoms with Gasteiger partial charge in [0.05, 0.1) is 6.10 Å². The van der Waals surface area contributed by atoms with Crippen LogP contribution in [-0.4, -0.2) is 17.1 Å².